The van der Waals surface area contributed by atoms with E-state index < -0.39 is 72.9 Å². The van der Waals surface area contributed by atoms with Gasteiger partial charge >= 0.3 is 35.8 Å². The summed E-state index contributed by atoms with van der Waals surface area (Å²) in [5.74, 6) is -4.95. The van der Waals surface area contributed by atoms with Crippen LogP contribution in [0.5, 0.6) is 11.5 Å². The molecule has 352 valence electrons. The van der Waals surface area contributed by atoms with Gasteiger partial charge in [0.25, 0.3) is 0 Å². The average molecular weight is 893 g/mol. The molecule has 1 fully saturated rings. The first-order chi connectivity index (χ1) is 30.5. The zero-order valence-electron chi connectivity index (χ0n) is 38.8. The topological polar surface area (TPSA) is 176 Å². The van der Waals surface area contributed by atoms with E-state index in [4.69, 9.17) is 37.9 Å². The lowest BCUT2D eigenvalue weighted by atomic mass is 9.80. The highest BCUT2D eigenvalue weighted by Crippen LogP contribution is 2.34. The second kappa shape index (κ2) is 26.8. The van der Waals surface area contributed by atoms with E-state index in [-0.39, 0.29) is 24.4 Å². The van der Waals surface area contributed by atoms with Crippen LogP contribution in [0.4, 0.5) is 0 Å². The molecule has 0 aliphatic heterocycles. The standard InChI is InChI=1S/C50H68O14/c1-10-11-12-14-37-16-18-38(19-17-37)28-60-42-23-20-39(21-24-42)40-22-25-43(41(27-40)15-13-26-59-44(51)33(2)3)61-29-50(30-62-45(52)34(4)5,31-63-48(55)35(6)46(53)57-8)32-64-49(56)36(7)47(54)58-9/h20-25,27,35-38H,2,4,10-19,26,28-32H2,1,3,5-9H3. The van der Waals surface area contributed by atoms with Crippen molar-refractivity contribution < 1.29 is 66.7 Å². The second-order valence-corrected chi connectivity index (χ2v) is 16.9. The Bertz CT molecular complexity index is 1850. The van der Waals surface area contributed by atoms with Gasteiger partial charge in [-0.25, -0.2) is 9.59 Å². The van der Waals surface area contributed by atoms with Gasteiger partial charge in [-0.15, -0.1) is 0 Å². The Balaban J connectivity index is 1.91. The Labute approximate surface area is 378 Å². The normalized spacial score (nSPS) is 16.4. The largest absolute Gasteiger partial charge is 0.493 e. The number of carbonyl (C=O) groups is 6. The molecule has 2 atom stereocenters. The third kappa shape index (κ3) is 17.1. The molecule has 0 saturated heterocycles. The van der Waals surface area contributed by atoms with Gasteiger partial charge in [0.15, 0.2) is 11.8 Å². The summed E-state index contributed by atoms with van der Waals surface area (Å²) in [6.07, 6.45) is 11.0. The maximum Gasteiger partial charge on any atom is 0.333 e. The van der Waals surface area contributed by atoms with Crippen molar-refractivity contribution in [3.63, 3.8) is 0 Å². The van der Waals surface area contributed by atoms with Crippen molar-refractivity contribution in [1.82, 2.24) is 0 Å². The number of rotatable bonds is 27. The molecule has 0 radical (unpaired) electrons. The van der Waals surface area contributed by atoms with Crippen LogP contribution < -0.4 is 9.47 Å². The molecule has 0 aromatic heterocycles. The van der Waals surface area contributed by atoms with E-state index in [2.05, 4.69) is 20.1 Å². The molecule has 0 spiro atoms. The second-order valence-electron chi connectivity index (χ2n) is 16.9. The number of hydrogen-bond donors (Lipinski definition) is 0. The van der Waals surface area contributed by atoms with Gasteiger partial charge in [0, 0.05) is 11.1 Å². The molecular formula is C50H68O14. The molecule has 1 aliphatic carbocycles. The molecule has 3 rings (SSSR count). The van der Waals surface area contributed by atoms with E-state index >= 15 is 0 Å². The van der Waals surface area contributed by atoms with E-state index in [0.29, 0.717) is 31.1 Å². The van der Waals surface area contributed by atoms with Crippen molar-refractivity contribution in [2.24, 2.45) is 29.1 Å². The number of unbranched alkanes of at least 4 members (excludes halogenated alkanes) is 2. The molecule has 14 nitrogen and oxygen atoms in total. The zero-order chi connectivity index (χ0) is 47.2. The first-order valence-electron chi connectivity index (χ1n) is 22.2. The maximum absolute atomic E-state index is 13.0. The van der Waals surface area contributed by atoms with E-state index in [0.717, 1.165) is 42.6 Å². The van der Waals surface area contributed by atoms with Gasteiger partial charge in [0.2, 0.25) is 0 Å². The number of carbonyl (C=O) groups excluding carboxylic acids is 6. The summed E-state index contributed by atoms with van der Waals surface area (Å²) in [7, 11) is 2.25. The summed E-state index contributed by atoms with van der Waals surface area (Å²) >= 11 is 0. The van der Waals surface area contributed by atoms with Crippen molar-refractivity contribution in [2.75, 3.05) is 53.9 Å². The van der Waals surface area contributed by atoms with E-state index in [9.17, 15) is 28.8 Å². The molecule has 0 amide bonds. The number of ether oxygens (including phenoxy) is 8. The number of methoxy groups -OCH3 is 2. The lowest BCUT2D eigenvalue weighted by Crippen LogP contribution is -2.45. The van der Waals surface area contributed by atoms with E-state index in [1.165, 1.54) is 72.1 Å². The highest BCUT2D eigenvalue weighted by molar-refractivity contribution is 5.95. The minimum atomic E-state index is -1.58. The predicted molar refractivity (Wildman–Crippen MR) is 239 cm³/mol. The Kier molecular flexibility index (Phi) is 22.1. The van der Waals surface area contributed by atoms with Crippen LogP contribution >= 0.6 is 0 Å². The average Bonchev–Trinajstić information content (AvgIpc) is 3.30. The Hall–Kier alpha value is -5.66. The zero-order valence-corrected chi connectivity index (χ0v) is 38.8. The Morgan fingerprint density at radius 2 is 1.17 bits per heavy atom. The molecule has 0 N–H and O–H groups in total. The van der Waals surface area contributed by atoms with Crippen molar-refractivity contribution in [3.8, 4) is 22.6 Å². The van der Waals surface area contributed by atoms with E-state index in [1.807, 2.05) is 36.4 Å². The van der Waals surface area contributed by atoms with Crippen LogP contribution in [-0.4, -0.2) is 89.7 Å². The predicted octanol–water partition coefficient (Wildman–Crippen LogP) is 8.36. The maximum atomic E-state index is 13.0. The van der Waals surface area contributed by atoms with Gasteiger partial charge in [-0.1, -0.05) is 76.8 Å². The van der Waals surface area contributed by atoms with Crippen molar-refractivity contribution >= 4 is 35.8 Å². The molecule has 2 unspecified atom stereocenters. The summed E-state index contributed by atoms with van der Waals surface area (Å²) in [6, 6.07) is 13.5. The first-order valence-corrected chi connectivity index (χ1v) is 22.2. The fourth-order valence-electron chi connectivity index (χ4n) is 7.04. The molecule has 1 aliphatic rings. The van der Waals surface area contributed by atoms with Gasteiger partial charge in [-0.3, -0.25) is 19.2 Å². The molecule has 1 saturated carbocycles. The molecule has 0 heterocycles. The quantitative estimate of drug-likeness (QED) is 0.0275. The monoisotopic (exact) mass is 892 g/mol. The highest BCUT2D eigenvalue weighted by Gasteiger charge is 2.40. The summed E-state index contributed by atoms with van der Waals surface area (Å²) in [6.45, 7) is 13.9. The summed E-state index contributed by atoms with van der Waals surface area (Å²) in [5.41, 5.74) is 1.26. The number of esters is 6. The van der Waals surface area contributed by atoms with E-state index in [1.54, 1.807) is 13.0 Å². The molecule has 2 aromatic rings. The lowest BCUT2D eigenvalue weighted by Gasteiger charge is -2.33. The van der Waals surface area contributed by atoms with Gasteiger partial charge in [0.05, 0.1) is 27.4 Å². The SMILES string of the molecule is C=C(C)C(=O)OCCCc1cc(-c2ccc(OCC3CCC(CCCCC)CC3)cc2)ccc1OCC(COC(=O)C(=C)C)(COC(=O)C(C)C(=O)OC)COC(=O)C(C)C(=O)OC. The van der Waals surface area contributed by atoms with Crippen LogP contribution in [0.25, 0.3) is 11.1 Å². The van der Waals surface area contributed by atoms with Crippen molar-refractivity contribution in [2.45, 2.75) is 98.8 Å². The van der Waals surface area contributed by atoms with Gasteiger partial charge < -0.3 is 37.9 Å². The van der Waals surface area contributed by atoms with Crippen LogP contribution in [0.1, 0.15) is 98.0 Å². The van der Waals surface area contributed by atoms with Crippen LogP contribution in [0.2, 0.25) is 0 Å². The molecule has 0 bridgehead atoms. The summed E-state index contributed by atoms with van der Waals surface area (Å²) in [5, 5.41) is 0. The Morgan fingerprint density at radius 3 is 1.72 bits per heavy atom. The smallest absolute Gasteiger partial charge is 0.333 e. The third-order valence-electron chi connectivity index (χ3n) is 11.3. The third-order valence-corrected chi connectivity index (χ3v) is 11.3. The fourth-order valence-corrected chi connectivity index (χ4v) is 7.04. The molecule has 2 aromatic carbocycles. The number of aryl methyl sites for hydroxylation is 1. The number of hydrogen-bond acceptors (Lipinski definition) is 14. The first kappa shape index (κ1) is 52.7. The van der Waals surface area contributed by atoms with Crippen LogP contribution in [-0.2, 0) is 63.6 Å². The highest BCUT2D eigenvalue weighted by atomic mass is 16.6. The van der Waals surface area contributed by atoms with Crippen molar-refractivity contribution in [1.29, 1.82) is 0 Å². The lowest BCUT2D eigenvalue weighted by molar-refractivity contribution is -0.170. The summed E-state index contributed by atoms with van der Waals surface area (Å²) < 4.78 is 44.1. The molecular weight excluding hydrogens is 825 g/mol. The number of benzene rings is 2. The van der Waals surface area contributed by atoms with Crippen LogP contribution in [0, 0.1) is 29.1 Å². The minimum absolute atomic E-state index is 0.0719. The fraction of sp³-hybridized carbons (Fsp3) is 0.560. The van der Waals surface area contributed by atoms with Crippen LogP contribution in [0.15, 0.2) is 66.8 Å². The summed E-state index contributed by atoms with van der Waals surface area (Å²) in [4.78, 5) is 75.2. The van der Waals surface area contributed by atoms with Crippen molar-refractivity contribution in [3.05, 3.63) is 72.3 Å². The van der Waals surface area contributed by atoms with Gasteiger partial charge in [-0.2, -0.15) is 0 Å². The minimum Gasteiger partial charge on any atom is -0.493 e. The van der Waals surface area contributed by atoms with Gasteiger partial charge in [0.1, 0.15) is 43.3 Å². The molecule has 64 heavy (non-hydrogen) atoms. The Morgan fingerprint density at radius 1 is 0.641 bits per heavy atom. The van der Waals surface area contributed by atoms with Gasteiger partial charge in [-0.05, 0) is 106 Å². The van der Waals surface area contributed by atoms with Crippen LogP contribution in [0.3, 0.4) is 0 Å². The molecule has 14 heteroatoms.